The molecule has 1 unspecified atom stereocenters. The number of hydrogen-bond acceptors (Lipinski definition) is 6. The fourth-order valence-corrected chi connectivity index (χ4v) is 5.14. The SMILES string of the molecule is COc1cccc(CN2CCCC3(CCN(C(=O)CCCn4cncn4)C3)C2)c1OC. The van der Waals surface area contributed by atoms with Crippen LogP contribution in [0.3, 0.4) is 0 Å². The van der Waals surface area contributed by atoms with E-state index in [9.17, 15) is 4.79 Å². The number of rotatable bonds is 8. The van der Waals surface area contributed by atoms with Gasteiger partial charge in [0, 0.05) is 50.1 Å². The number of aromatic nitrogens is 3. The van der Waals surface area contributed by atoms with Crippen LogP contribution >= 0.6 is 0 Å². The third-order valence-electron chi connectivity index (χ3n) is 6.65. The lowest BCUT2D eigenvalue weighted by Gasteiger charge is -2.40. The molecule has 4 rings (SSSR count). The number of ether oxygens (including phenoxy) is 2. The van der Waals surface area contributed by atoms with Crippen LogP contribution in [0.5, 0.6) is 11.5 Å². The molecule has 1 amide bonds. The maximum Gasteiger partial charge on any atom is 0.222 e. The second kappa shape index (κ2) is 9.68. The Bertz CT molecular complexity index is 872. The number of amides is 1. The van der Waals surface area contributed by atoms with Gasteiger partial charge in [0.15, 0.2) is 11.5 Å². The lowest BCUT2D eigenvalue weighted by atomic mass is 9.79. The monoisotopic (exact) mass is 427 g/mol. The first-order valence-corrected chi connectivity index (χ1v) is 11.1. The van der Waals surface area contributed by atoms with Gasteiger partial charge in [0.1, 0.15) is 12.7 Å². The normalized spacial score (nSPS) is 21.5. The van der Waals surface area contributed by atoms with Crippen molar-refractivity contribution >= 4 is 5.91 Å². The maximum atomic E-state index is 12.8. The van der Waals surface area contributed by atoms with Gasteiger partial charge in [-0.05, 0) is 38.3 Å². The van der Waals surface area contributed by atoms with Crippen molar-refractivity contribution in [1.82, 2.24) is 24.6 Å². The topological polar surface area (TPSA) is 72.7 Å². The van der Waals surface area contributed by atoms with Gasteiger partial charge in [0.05, 0.1) is 14.2 Å². The summed E-state index contributed by atoms with van der Waals surface area (Å²) in [6.07, 6.45) is 8.05. The number of nitrogens with zero attached hydrogens (tertiary/aromatic N) is 5. The largest absolute Gasteiger partial charge is 0.493 e. The fraction of sp³-hybridized carbons (Fsp3) is 0.609. The van der Waals surface area contributed by atoms with E-state index in [1.165, 1.54) is 19.2 Å². The first kappa shape index (κ1) is 21.6. The molecule has 0 radical (unpaired) electrons. The van der Waals surface area contributed by atoms with E-state index < -0.39 is 0 Å². The van der Waals surface area contributed by atoms with Crippen molar-refractivity contribution in [3.05, 3.63) is 36.4 Å². The highest BCUT2D eigenvalue weighted by molar-refractivity contribution is 5.76. The zero-order valence-corrected chi connectivity index (χ0v) is 18.6. The molecule has 2 aliphatic rings. The zero-order chi connectivity index (χ0) is 21.7. The van der Waals surface area contributed by atoms with Crippen LogP contribution in [-0.4, -0.2) is 70.9 Å². The number of carbonyl (C=O) groups excluding carboxylic acids is 1. The first-order chi connectivity index (χ1) is 15.1. The van der Waals surface area contributed by atoms with E-state index in [-0.39, 0.29) is 11.3 Å². The summed E-state index contributed by atoms with van der Waals surface area (Å²) in [6, 6.07) is 6.07. The van der Waals surface area contributed by atoms with Gasteiger partial charge >= 0.3 is 0 Å². The van der Waals surface area contributed by atoms with Crippen LogP contribution in [0.4, 0.5) is 0 Å². The summed E-state index contributed by atoms with van der Waals surface area (Å²) in [4.78, 5) is 21.3. The van der Waals surface area contributed by atoms with Gasteiger partial charge in [-0.25, -0.2) is 4.98 Å². The molecule has 1 spiro atoms. The van der Waals surface area contributed by atoms with Crippen LogP contribution in [0.15, 0.2) is 30.9 Å². The molecule has 8 nitrogen and oxygen atoms in total. The molecule has 1 atom stereocenters. The second-order valence-electron chi connectivity index (χ2n) is 8.79. The third-order valence-corrected chi connectivity index (χ3v) is 6.65. The van der Waals surface area contributed by atoms with Crippen LogP contribution in [0.25, 0.3) is 0 Å². The Morgan fingerprint density at radius 2 is 2.06 bits per heavy atom. The van der Waals surface area contributed by atoms with Crippen LogP contribution in [0.2, 0.25) is 0 Å². The number of methoxy groups -OCH3 is 2. The van der Waals surface area contributed by atoms with Crippen LogP contribution < -0.4 is 9.47 Å². The van der Waals surface area contributed by atoms with E-state index in [0.717, 1.165) is 69.2 Å². The molecule has 31 heavy (non-hydrogen) atoms. The fourth-order valence-electron chi connectivity index (χ4n) is 5.14. The summed E-state index contributed by atoms with van der Waals surface area (Å²) in [6.45, 7) is 5.43. The van der Waals surface area contributed by atoms with E-state index in [0.29, 0.717) is 6.42 Å². The summed E-state index contributed by atoms with van der Waals surface area (Å²) in [5.41, 5.74) is 1.37. The molecule has 0 saturated carbocycles. The molecule has 1 aromatic carbocycles. The predicted octanol–water partition coefficient (Wildman–Crippen LogP) is 2.59. The molecule has 0 bridgehead atoms. The Hall–Kier alpha value is -2.61. The van der Waals surface area contributed by atoms with Crippen LogP contribution in [-0.2, 0) is 17.9 Å². The van der Waals surface area contributed by atoms with Crippen molar-refractivity contribution in [1.29, 1.82) is 0 Å². The van der Waals surface area contributed by atoms with Crippen molar-refractivity contribution in [2.45, 2.75) is 45.2 Å². The Morgan fingerprint density at radius 3 is 2.84 bits per heavy atom. The highest BCUT2D eigenvalue weighted by Gasteiger charge is 2.42. The lowest BCUT2D eigenvalue weighted by Crippen LogP contribution is -2.45. The molecule has 8 heteroatoms. The summed E-state index contributed by atoms with van der Waals surface area (Å²) in [5, 5.41) is 4.10. The van der Waals surface area contributed by atoms with E-state index in [4.69, 9.17) is 9.47 Å². The molecule has 3 heterocycles. The minimum absolute atomic E-state index is 0.214. The molecule has 2 fully saturated rings. The van der Waals surface area contributed by atoms with Gasteiger partial charge in [-0.15, -0.1) is 0 Å². The second-order valence-corrected chi connectivity index (χ2v) is 8.79. The van der Waals surface area contributed by atoms with Gasteiger partial charge in [0.2, 0.25) is 5.91 Å². The third kappa shape index (κ3) is 5.01. The van der Waals surface area contributed by atoms with E-state index >= 15 is 0 Å². The molecule has 2 saturated heterocycles. The van der Waals surface area contributed by atoms with Gasteiger partial charge in [0.25, 0.3) is 0 Å². The van der Waals surface area contributed by atoms with Crippen LogP contribution in [0.1, 0.15) is 37.7 Å². The minimum Gasteiger partial charge on any atom is -0.493 e. The lowest BCUT2D eigenvalue weighted by molar-refractivity contribution is -0.130. The van der Waals surface area contributed by atoms with Gasteiger partial charge in [-0.2, -0.15) is 5.10 Å². The van der Waals surface area contributed by atoms with Gasteiger partial charge in [-0.3, -0.25) is 14.4 Å². The minimum atomic E-state index is 0.214. The number of likely N-dealkylation sites (tertiary alicyclic amines) is 2. The number of carbonyl (C=O) groups is 1. The Kier molecular flexibility index (Phi) is 6.75. The van der Waals surface area contributed by atoms with E-state index in [1.807, 2.05) is 12.1 Å². The van der Waals surface area contributed by atoms with Crippen molar-refractivity contribution in [3.8, 4) is 11.5 Å². The number of aryl methyl sites for hydroxylation is 1. The summed E-state index contributed by atoms with van der Waals surface area (Å²) in [7, 11) is 3.37. The smallest absolute Gasteiger partial charge is 0.222 e. The first-order valence-electron chi connectivity index (χ1n) is 11.1. The maximum absolute atomic E-state index is 12.8. The quantitative estimate of drug-likeness (QED) is 0.645. The molecular weight excluding hydrogens is 394 g/mol. The predicted molar refractivity (Wildman–Crippen MR) is 117 cm³/mol. The zero-order valence-electron chi connectivity index (χ0n) is 18.6. The number of piperidine rings is 1. The van der Waals surface area contributed by atoms with E-state index in [2.05, 4.69) is 25.9 Å². The summed E-state index contributed by atoms with van der Waals surface area (Å²) in [5.74, 6) is 1.86. The van der Waals surface area contributed by atoms with Gasteiger partial charge < -0.3 is 14.4 Å². The average Bonchev–Trinajstić information content (AvgIpc) is 3.44. The molecule has 168 valence electrons. The highest BCUT2D eigenvalue weighted by atomic mass is 16.5. The molecular formula is C23H33N5O3. The number of hydrogen-bond donors (Lipinski definition) is 0. The van der Waals surface area contributed by atoms with Crippen LogP contribution in [0, 0.1) is 5.41 Å². The van der Waals surface area contributed by atoms with Crippen molar-refractivity contribution in [2.24, 2.45) is 5.41 Å². The molecule has 1 aromatic heterocycles. The number of para-hydroxylation sites is 1. The van der Waals surface area contributed by atoms with Crippen molar-refractivity contribution < 1.29 is 14.3 Å². The Balaban J connectivity index is 1.32. The number of benzene rings is 1. The van der Waals surface area contributed by atoms with Crippen molar-refractivity contribution in [2.75, 3.05) is 40.4 Å². The van der Waals surface area contributed by atoms with Crippen molar-refractivity contribution in [3.63, 3.8) is 0 Å². The summed E-state index contributed by atoms with van der Waals surface area (Å²) < 4.78 is 12.9. The Morgan fingerprint density at radius 1 is 1.16 bits per heavy atom. The molecule has 0 aliphatic carbocycles. The molecule has 2 aromatic rings. The molecule has 0 N–H and O–H groups in total. The Labute approximate surface area is 184 Å². The average molecular weight is 428 g/mol. The highest BCUT2D eigenvalue weighted by Crippen LogP contribution is 2.40. The van der Waals surface area contributed by atoms with E-state index in [1.54, 1.807) is 25.2 Å². The standard InChI is InChI=1S/C23H33N5O3/c1-30-20-7-3-6-19(22(20)31-2)14-26-11-5-9-23(15-26)10-13-27(16-23)21(29)8-4-12-28-18-24-17-25-28/h3,6-7,17-18H,4-5,8-16H2,1-2H3. The summed E-state index contributed by atoms with van der Waals surface area (Å²) >= 11 is 0. The van der Waals surface area contributed by atoms with Gasteiger partial charge in [-0.1, -0.05) is 12.1 Å². The molecule has 2 aliphatic heterocycles.